The Hall–Kier alpha value is -1.12. The third-order valence-electron chi connectivity index (χ3n) is 3.25. The number of hydrogen-bond acceptors (Lipinski definition) is 3. The first-order chi connectivity index (χ1) is 8.10. The van der Waals surface area contributed by atoms with E-state index in [9.17, 15) is 0 Å². The second-order valence-corrected chi connectivity index (χ2v) is 5.15. The second kappa shape index (κ2) is 6.58. The molecule has 1 rings (SSSR count). The highest BCUT2D eigenvalue weighted by Gasteiger charge is 2.20. The molecule has 0 saturated heterocycles. The van der Waals surface area contributed by atoms with Crippen molar-refractivity contribution in [3.63, 3.8) is 0 Å². The van der Waals surface area contributed by atoms with E-state index in [1.807, 2.05) is 12.4 Å². The van der Waals surface area contributed by atoms with Crippen LogP contribution in [0.4, 0.5) is 0 Å². The molecule has 0 radical (unpaired) electrons. The van der Waals surface area contributed by atoms with Gasteiger partial charge in [-0.05, 0) is 17.4 Å². The number of methoxy groups -OCH3 is 1. The summed E-state index contributed by atoms with van der Waals surface area (Å²) in [5, 5.41) is 0. The minimum atomic E-state index is 0.153. The van der Waals surface area contributed by atoms with Crippen LogP contribution < -0.4 is 4.74 Å². The van der Waals surface area contributed by atoms with Gasteiger partial charge >= 0.3 is 6.01 Å². The molecule has 0 amide bonds. The molecule has 0 fully saturated rings. The lowest BCUT2D eigenvalue weighted by Crippen LogP contribution is -2.17. The van der Waals surface area contributed by atoms with Gasteiger partial charge in [0.2, 0.25) is 0 Å². The van der Waals surface area contributed by atoms with Gasteiger partial charge in [0.1, 0.15) is 0 Å². The summed E-state index contributed by atoms with van der Waals surface area (Å²) in [6.07, 6.45) is 10.1. The van der Waals surface area contributed by atoms with Crippen molar-refractivity contribution in [1.82, 2.24) is 9.97 Å². The van der Waals surface area contributed by atoms with Gasteiger partial charge in [-0.1, -0.05) is 46.5 Å². The van der Waals surface area contributed by atoms with Crippen molar-refractivity contribution in [2.24, 2.45) is 0 Å². The first-order valence-corrected chi connectivity index (χ1v) is 6.46. The zero-order valence-electron chi connectivity index (χ0n) is 11.5. The molecule has 0 aliphatic rings. The summed E-state index contributed by atoms with van der Waals surface area (Å²) in [5.74, 6) is 0. The molecule has 3 nitrogen and oxygen atoms in total. The summed E-state index contributed by atoms with van der Waals surface area (Å²) in [6.45, 7) is 6.75. The Kier molecular flexibility index (Phi) is 5.39. The number of ether oxygens (including phenoxy) is 1. The number of aromatic nitrogens is 2. The van der Waals surface area contributed by atoms with Gasteiger partial charge < -0.3 is 4.74 Å². The topological polar surface area (TPSA) is 35.0 Å². The smallest absolute Gasteiger partial charge is 0.316 e. The minimum Gasteiger partial charge on any atom is -0.467 e. The molecule has 0 unspecified atom stereocenters. The molecule has 0 saturated carbocycles. The lowest BCUT2D eigenvalue weighted by Gasteiger charge is -2.24. The van der Waals surface area contributed by atoms with E-state index in [2.05, 4.69) is 30.7 Å². The molecular weight excluding hydrogens is 212 g/mol. The fraction of sp³-hybridized carbons (Fsp3) is 0.714. The van der Waals surface area contributed by atoms with Crippen LogP contribution in [0, 0.1) is 0 Å². The minimum absolute atomic E-state index is 0.153. The maximum atomic E-state index is 4.97. The Morgan fingerprint density at radius 1 is 1.12 bits per heavy atom. The zero-order valence-corrected chi connectivity index (χ0v) is 11.5. The average molecular weight is 236 g/mol. The highest BCUT2D eigenvalue weighted by Crippen LogP contribution is 2.28. The molecule has 1 heterocycles. The number of unbranched alkanes of at least 4 members (excludes halogenated alkanes) is 3. The van der Waals surface area contributed by atoms with Crippen LogP contribution in [-0.4, -0.2) is 17.1 Å². The fourth-order valence-electron chi connectivity index (χ4n) is 1.91. The van der Waals surface area contributed by atoms with Gasteiger partial charge in [0.25, 0.3) is 0 Å². The van der Waals surface area contributed by atoms with E-state index < -0.39 is 0 Å². The SMILES string of the molecule is CCCCCCC(C)(C)c1cnc(OC)nc1. The van der Waals surface area contributed by atoms with Crippen LogP contribution in [0.2, 0.25) is 0 Å². The number of rotatable bonds is 7. The summed E-state index contributed by atoms with van der Waals surface area (Å²) < 4.78 is 4.97. The predicted molar refractivity (Wildman–Crippen MR) is 70.4 cm³/mol. The highest BCUT2D eigenvalue weighted by atomic mass is 16.5. The zero-order chi connectivity index (χ0) is 12.7. The molecule has 0 aromatic carbocycles. The van der Waals surface area contributed by atoms with E-state index in [1.165, 1.54) is 37.7 Å². The monoisotopic (exact) mass is 236 g/mol. The van der Waals surface area contributed by atoms with E-state index in [0.717, 1.165) is 0 Å². The van der Waals surface area contributed by atoms with Crippen molar-refractivity contribution in [2.75, 3.05) is 7.11 Å². The third-order valence-corrected chi connectivity index (χ3v) is 3.25. The van der Waals surface area contributed by atoms with Crippen LogP contribution in [0.3, 0.4) is 0 Å². The maximum Gasteiger partial charge on any atom is 0.316 e. The Bertz CT molecular complexity index is 319. The van der Waals surface area contributed by atoms with Gasteiger partial charge in [0.05, 0.1) is 7.11 Å². The van der Waals surface area contributed by atoms with Crippen LogP contribution in [0.15, 0.2) is 12.4 Å². The number of hydrogen-bond donors (Lipinski definition) is 0. The van der Waals surface area contributed by atoms with Gasteiger partial charge in [0.15, 0.2) is 0 Å². The first kappa shape index (κ1) is 13.9. The Balaban J connectivity index is 2.55. The van der Waals surface area contributed by atoms with Crippen LogP contribution in [0.5, 0.6) is 6.01 Å². The van der Waals surface area contributed by atoms with Crippen LogP contribution >= 0.6 is 0 Å². The largest absolute Gasteiger partial charge is 0.467 e. The molecule has 0 bridgehead atoms. The predicted octanol–water partition coefficient (Wildman–Crippen LogP) is 3.73. The second-order valence-electron chi connectivity index (χ2n) is 5.15. The molecule has 0 spiro atoms. The summed E-state index contributed by atoms with van der Waals surface area (Å²) in [5.41, 5.74) is 1.34. The quantitative estimate of drug-likeness (QED) is 0.676. The standard InChI is InChI=1S/C14H24N2O/c1-5-6-7-8-9-14(2,3)12-10-15-13(17-4)16-11-12/h10-11H,5-9H2,1-4H3. The van der Waals surface area contributed by atoms with E-state index in [1.54, 1.807) is 7.11 Å². The Morgan fingerprint density at radius 3 is 2.29 bits per heavy atom. The van der Waals surface area contributed by atoms with Crippen LogP contribution in [-0.2, 0) is 5.41 Å². The van der Waals surface area contributed by atoms with E-state index in [-0.39, 0.29) is 5.41 Å². The van der Waals surface area contributed by atoms with Crippen LogP contribution in [0.1, 0.15) is 58.4 Å². The molecule has 0 atom stereocenters. The fourth-order valence-corrected chi connectivity index (χ4v) is 1.91. The summed E-state index contributed by atoms with van der Waals surface area (Å²) in [6, 6.07) is 0.440. The van der Waals surface area contributed by atoms with E-state index in [4.69, 9.17) is 4.74 Å². The normalized spacial score (nSPS) is 11.5. The first-order valence-electron chi connectivity index (χ1n) is 6.46. The van der Waals surface area contributed by atoms with Crippen molar-refractivity contribution < 1.29 is 4.74 Å². The summed E-state index contributed by atoms with van der Waals surface area (Å²) in [4.78, 5) is 8.35. The third kappa shape index (κ3) is 4.33. The average Bonchev–Trinajstić information content (AvgIpc) is 2.35. The summed E-state index contributed by atoms with van der Waals surface area (Å²) in [7, 11) is 1.59. The molecule has 0 N–H and O–H groups in total. The van der Waals surface area contributed by atoms with Crippen LogP contribution in [0.25, 0.3) is 0 Å². The van der Waals surface area contributed by atoms with Crippen molar-refractivity contribution >= 4 is 0 Å². The molecule has 1 aromatic heterocycles. The van der Waals surface area contributed by atoms with Gasteiger partial charge in [-0.15, -0.1) is 0 Å². The molecule has 1 aromatic rings. The van der Waals surface area contributed by atoms with Gasteiger partial charge in [-0.3, -0.25) is 0 Å². The lowest BCUT2D eigenvalue weighted by molar-refractivity contribution is 0.375. The lowest BCUT2D eigenvalue weighted by atomic mass is 9.81. The van der Waals surface area contributed by atoms with Gasteiger partial charge in [-0.2, -0.15) is 0 Å². The van der Waals surface area contributed by atoms with E-state index in [0.29, 0.717) is 6.01 Å². The molecular formula is C14H24N2O. The molecule has 17 heavy (non-hydrogen) atoms. The molecule has 3 heteroatoms. The Morgan fingerprint density at radius 2 is 1.76 bits per heavy atom. The van der Waals surface area contributed by atoms with Crippen molar-refractivity contribution in [2.45, 2.75) is 58.3 Å². The maximum absolute atomic E-state index is 4.97. The van der Waals surface area contributed by atoms with E-state index >= 15 is 0 Å². The van der Waals surface area contributed by atoms with Gasteiger partial charge in [-0.25, -0.2) is 9.97 Å². The Labute approximate surface area is 105 Å². The van der Waals surface area contributed by atoms with Crippen molar-refractivity contribution in [1.29, 1.82) is 0 Å². The number of nitrogens with zero attached hydrogens (tertiary/aromatic N) is 2. The van der Waals surface area contributed by atoms with Crippen molar-refractivity contribution in [3.8, 4) is 6.01 Å². The highest BCUT2D eigenvalue weighted by molar-refractivity contribution is 5.17. The molecule has 0 aliphatic heterocycles. The summed E-state index contributed by atoms with van der Waals surface area (Å²) >= 11 is 0. The molecule has 96 valence electrons. The molecule has 0 aliphatic carbocycles. The van der Waals surface area contributed by atoms with Gasteiger partial charge in [0, 0.05) is 12.4 Å². The van der Waals surface area contributed by atoms with Crippen molar-refractivity contribution in [3.05, 3.63) is 18.0 Å².